The van der Waals surface area contributed by atoms with Gasteiger partial charge in [-0.1, -0.05) is 34.8 Å². The highest BCUT2D eigenvalue weighted by atomic mass is 35.5. The lowest BCUT2D eigenvalue weighted by molar-refractivity contribution is 0.101. The standard InChI is InChI=1S/C13H7Cl3N4O/c14-7-3-9-10(4-8(7)15)20-12(19-9)13(21)18-6-1-2-11(16)17-5-6/h1-5H,(H,18,21)(H,19,20). The first-order valence-electron chi connectivity index (χ1n) is 5.80. The second kappa shape index (κ2) is 5.52. The van der Waals surface area contributed by atoms with Gasteiger partial charge in [-0.3, -0.25) is 4.79 Å². The largest absolute Gasteiger partial charge is 0.334 e. The number of nitrogens with one attached hydrogen (secondary N) is 2. The Kier molecular flexibility index (Phi) is 3.71. The summed E-state index contributed by atoms with van der Waals surface area (Å²) in [7, 11) is 0. The molecule has 0 aliphatic carbocycles. The molecule has 0 aliphatic heterocycles. The Labute approximate surface area is 134 Å². The maximum atomic E-state index is 12.1. The number of nitrogens with zero attached hydrogens (tertiary/aromatic N) is 2. The van der Waals surface area contributed by atoms with E-state index < -0.39 is 5.91 Å². The summed E-state index contributed by atoms with van der Waals surface area (Å²) in [6.45, 7) is 0. The van der Waals surface area contributed by atoms with E-state index in [-0.39, 0.29) is 5.82 Å². The molecule has 21 heavy (non-hydrogen) atoms. The zero-order valence-corrected chi connectivity index (χ0v) is 12.6. The topological polar surface area (TPSA) is 70.7 Å². The molecule has 2 N–H and O–H groups in total. The molecule has 0 saturated carbocycles. The molecule has 0 spiro atoms. The molecule has 3 aromatic rings. The lowest BCUT2D eigenvalue weighted by atomic mass is 10.3. The number of halogens is 3. The monoisotopic (exact) mass is 340 g/mol. The first-order valence-corrected chi connectivity index (χ1v) is 6.94. The molecule has 8 heteroatoms. The van der Waals surface area contributed by atoms with Crippen molar-refractivity contribution in [3.05, 3.63) is 51.5 Å². The number of aromatic amines is 1. The van der Waals surface area contributed by atoms with Crippen molar-refractivity contribution in [2.75, 3.05) is 5.32 Å². The van der Waals surface area contributed by atoms with E-state index in [4.69, 9.17) is 34.8 Å². The zero-order chi connectivity index (χ0) is 15.0. The third-order valence-electron chi connectivity index (χ3n) is 2.72. The quantitative estimate of drug-likeness (QED) is 0.687. The van der Waals surface area contributed by atoms with Crippen LogP contribution in [-0.2, 0) is 0 Å². The maximum Gasteiger partial charge on any atom is 0.291 e. The highest BCUT2D eigenvalue weighted by Gasteiger charge is 2.13. The van der Waals surface area contributed by atoms with Gasteiger partial charge in [-0.05, 0) is 24.3 Å². The average Bonchev–Trinajstić information content (AvgIpc) is 2.85. The molecule has 0 aliphatic rings. The van der Waals surface area contributed by atoms with Crippen LogP contribution in [0.25, 0.3) is 11.0 Å². The van der Waals surface area contributed by atoms with Crippen molar-refractivity contribution in [1.29, 1.82) is 0 Å². The number of anilines is 1. The summed E-state index contributed by atoms with van der Waals surface area (Å²) in [6, 6.07) is 6.43. The van der Waals surface area contributed by atoms with E-state index in [0.29, 0.717) is 31.9 Å². The third kappa shape index (κ3) is 2.95. The fourth-order valence-corrected chi connectivity index (χ4v) is 2.19. The Morgan fingerprint density at radius 3 is 2.62 bits per heavy atom. The summed E-state index contributed by atoms with van der Waals surface area (Å²) in [5, 5.41) is 3.77. The van der Waals surface area contributed by atoms with Gasteiger partial charge in [0.2, 0.25) is 0 Å². The van der Waals surface area contributed by atoms with E-state index in [2.05, 4.69) is 20.3 Å². The molecule has 1 aromatic carbocycles. The van der Waals surface area contributed by atoms with Gasteiger partial charge in [-0.2, -0.15) is 0 Å². The number of carbonyl (C=O) groups excluding carboxylic acids is 1. The van der Waals surface area contributed by atoms with Crippen LogP contribution in [0.3, 0.4) is 0 Å². The van der Waals surface area contributed by atoms with Crippen molar-refractivity contribution < 1.29 is 4.79 Å². The molecule has 0 bridgehead atoms. The van der Waals surface area contributed by atoms with Gasteiger partial charge in [0.15, 0.2) is 5.82 Å². The molecule has 0 fully saturated rings. The number of H-pyrrole nitrogens is 1. The molecular formula is C13H7Cl3N4O. The van der Waals surface area contributed by atoms with Crippen LogP contribution in [0.2, 0.25) is 15.2 Å². The molecule has 5 nitrogen and oxygen atoms in total. The van der Waals surface area contributed by atoms with Crippen molar-refractivity contribution in [2.45, 2.75) is 0 Å². The summed E-state index contributed by atoms with van der Waals surface area (Å²) in [4.78, 5) is 23.0. The van der Waals surface area contributed by atoms with Gasteiger partial charge in [0.05, 0.1) is 33.0 Å². The van der Waals surface area contributed by atoms with Crippen molar-refractivity contribution in [3.63, 3.8) is 0 Å². The minimum atomic E-state index is -0.400. The Hall–Kier alpha value is -1.82. The third-order valence-corrected chi connectivity index (χ3v) is 3.67. The molecule has 106 valence electrons. The zero-order valence-electron chi connectivity index (χ0n) is 10.3. The summed E-state index contributed by atoms with van der Waals surface area (Å²) in [6.07, 6.45) is 1.45. The lowest BCUT2D eigenvalue weighted by Gasteiger charge is -2.01. The van der Waals surface area contributed by atoms with E-state index in [9.17, 15) is 4.79 Å². The maximum absolute atomic E-state index is 12.1. The smallest absolute Gasteiger partial charge is 0.291 e. The van der Waals surface area contributed by atoms with E-state index in [1.165, 1.54) is 6.20 Å². The van der Waals surface area contributed by atoms with Crippen LogP contribution in [-0.4, -0.2) is 20.9 Å². The van der Waals surface area contributed by atoms with E-state index in [0.717, 1.165) is 0 Å². The first kappa shape index (κ1) is 14.1. The molecule has 2 heterocycles. The number of amides is 1. The molecule has 2 aromatic heterocycles. The van der Waals surface area contributed by atoms with Gasteiger partial charge in [0, 0.05) is 0 Å². The second-order valence-corrected chi connectivity index (χ2v) is 5.39. The van der Waals surface area contributed by atoms with Crippen LogP contribution >= 0.6 is 34.8 Å². The van der Waals surface area contributed by atoms with Gasteiger partial charge in [-0.15, -0.1) is 0 Å². The number of hydrogen-bond acceptors (Lipinski definition) is 3. The number of hydrogen-bond donors (Lipinski definition) is 2. The highest BCUT2D eigenvalue weighted by molar-refractivity contribution is 6.42. The second-order valence-electron chi connectivity index (χ2n) is 4.19. The molecule has 1 amide bonds. The SMILES string of the molecule is O=C(Nc1ccc(Cl)nc1)c1nc2cc(Cl)c(Cl)cc2[nH]1. The fourth-order valence-electron chi connectivity index (χ4n) is 1.75. The van der Waals surface area contributed by atoms with Crippen LogP contribution in [0.4, 0.5) is 5.69 Å². The van der Waals surface area contributed by atoms with Gasteiger partial charge >= 0.3 is 0 Å². The molecular weight excluding hydrogens is 335 g/mol. The van der Waals surface area contributed by atoms with Gasteiger partial charge in [0.1, 0.15) is 5.15 Å². The summed E-state index contributed by atoms with van der Waals surface area (Å²) < 4.78 is 0. The normalized spacial score (nSPS) is 10.8. The Bertz CT molecular complexity index is 790. The van der Waals surface area contributed by atoms with E-state index >= 15 is 0 Å². The van der Waals surface area contributed by atoms with Crippen molar-refractivity contribution in [2.24, 2.45) is 0 Å². The molecule has 3 rings (SSSR count). The number of carbonyl (C=O) groups is 1. The molecule has 0 saturated heterocycles. The minimum Gasteiger partial charge on any atom is -0.334 e. The van der Waals surface area contributed by atoms with Crippen molar-refractivity contribution in [1.82, 2.24) is 15.0 Å². The summed E-state index contributed by atoms with van der Waals surface area (Å²) in [5.74, 6) is -0.249. The Morgan fingerprint density at radius 2 is 1.90 bits per heavy atom. The lowest BCUT2D eigenvalue weighted by Crippen LogP contribution is -2.13. The molecule has 0 unspecified atom stereocenters. The van der Waals surface area contributed by atoms with Crippen molar-refractivity contribution >= 4 is 57.4 Å². The van der Waals surface area contributed by atoms with Crippen LogP contribution < -0.4 is 5.32 Å². The minimum absolute atomic E-state index is 0.151. The number of fused-ring (bicyclic) bond motifs is 1. The Morgan fingerprint density at radius 1 is 1.14 bits per heavy atom. The van der Waals surface area contributed by atoms with Crippen LogP contribution in [0.1, 0.15) is 10.6 Å². The fraction of sp³-hybridized carbons (Fsp3) is 0. The van der Waals surface area contributed by atoms with E-state index in [1.807, 2.05) is 0 Å². The number of aromatic nitrogens is 3. The number of rotatable bonds is 2. The van der Waals surface area contributed by atoms with Gasteiger partial charge in [0.25, 0.3) is 5.91 Å². The predicted octanol–water partition coefficient (Wildman–Crippen LogP) is 4.17. The summed E-state index contributed by atoms with van der Waals surface area (Å²) in [5.41, 5.74) is 1.70. The van der Waals surface area contributed by atoms with Crippen molar-refractivity contribution in [3.8, 4) is 0 Å². The number of pyridine rings is 1. The summed E-state index contributed by atoms with van der Waals surface area (Å²) >= 11 is 17.5. The first-order chi connectivity index (χ1) is 10.0. The highest BCUT2D eigenvalue weighted by Crippen LogP contribution is 2.26. The molecule has 0 atom stereocenters. The number of benzene rings is 1. The van der Waals surface area contributed by atoms with Gasteiger partial charge in [-0.25, -0.2) is 9.97 Å². The van der Waals surface area contributed by atoms with Gasteiger partial charge < -0.3 is 10.3 Å². The Balaban J connectivity index is 1.89. The number of imidazole rings is 1. The molecule has 0 radical (unpaired) electrons. The average molecular weight is 342 g/mol. The van der Waals surface area contributed by atoms with Crippen LogP contribution in [0.5, 0.6) is 0 Å². The predicted molar refractivity (Wildman–Crippen MR) is 83.3 cm³/mol. The van der Waals surface area contributed by atoms with E-state index in [1.54, 1.807) is 24.3 Å². The van der Waals surface area contributed by atoms with Crippen LogP contribution in [0, 0.1) is 0 Å². The van der Waals surface area contributed by atoms with Crippen LogP contribution in [0.15, 0.2) is 30.5 Å².